The van der Waals surface area contributed by atoms with Gasteiger partial charge in [0, 0.05) is 6.20 Å². The van der Waals surface area contributed by atoms with Crippen LogP contribution in [-0.4, -0.2) is 20.9 Å². The predicted molar refractivity (Wildman–Crippen MR) is 41.0 cm³/mol. The number of nitrogens with zero attached hydrogens (tertiary/aromatic N) is 3. The lowest BCUT2D eigenvalue weighted by molar-refractivity contribution is -0.141. The lowest BCUT2D eigenvalue weighted by atomic mass is 10.3. The number of rotatable bonds is 1. The quantitative estimate of drug-likeness (QED) is 0.431. The number of hydrogen-bond acceptors (Lipinski definition) is 4. The largest absolute Gasteiger partial charge is 0.433 e. The van der Waals surface area contributed by atoms with Gasteiger partial charge in [0.25, 0.3) is 0 Å². The van der Waals surface area contributed by atoms with Gasteiger partial charge in [-0.05, 0) is 13.0 Å². The van der Waals surface area contributed by atoms with Gasteiger partial charge in [-0.1, -0.05) is 5.16 Å². The van der Waals surface area contributed by atoms with Gasteiger partial charge in [-0.3, -0.25) is 0 Å². The summed E-state index contributed by atoms with van der Waals surface area (Å²) >= 11 is 0. The summed E-state index contributed by atoms with van der Waals surface area (Å²) in [5.41, 5.74) is -1.14. The molecule has 1 N–H and O–H groups in total. The summed E-state index contributed by atoms with van der Waals surface area (Å²) in [7, 11) is 0. The Balaban J connectivity index is 3.14. The monoisotopic (exact) mass is 205 g/mol. The fraction of sp³-hybridized carbons (Fsp3) is 0.286. The predicted octanol–water partition coefficient (Wildman–Crippen LogP) is 1.69. The molecule has 1 heterocycles. The zero-order chi connectivity index (χ0) is 10.8. The molecule has 0 bridgehead atoms. The van der Waals surface area contributed by atoms with Crippen LogP contribution in [0.25, 0.3) is 0 Å². The van der Waals surface area contributed by atoms with E-state index in [9.17, 15) is 13.2 Å². The van der Waals surface area contributed by atoms with Gasteiger partial charge in [-0.2, -0.15) is 13.2 Å². The highest BCUT2D eigenvalue weighted by molar-refractivity contribution is 5.94. The van der Waals surface area contributed by atoms with E-state index in [1.165, 1.54) is 6.92 Å². The molecule has 1 rings (SSSR count). The van der Waals surface area contributed by atoms with E-state index in [0.717, 1.165) is 12.3 Å². The second-order valence-corrected chi connectivity index (χ2v) is 2.45. The third-order valence-electron chi connectivity index (χ3n) is 1.42. The van der Waals surface area contributed by atoms with Gasteiger partial charge in [0.05, 0.1) is 0 Å². The van der Waals surface area contributed by atoms with E-state index in [1.807, 2.05) is 0 Å². The van der Waals surface area contributed by atoms with Gasteiger partial charge in [0.15, 0.2) is 5.82 Å². The fourth-order valence-electron chi connectivity index (χ4n) is 0.736. The lowest BCUT2D eigenvalue weighted by Crippen LogP contribution is -2.12. The fourth-order valence-corrected chi connectivity index (χ4v) is 0.736. The highest BCUT2D eigenvalue weighted by atomic mass is 19.4. The molecule has 0 aliphatic heterocycles. The molecule has 0 aromatic carbocycles. The van der Waals surface area contributed by atoms with Crippen molar-refractivity contribution < 1.29 is 18.4 Å². The van der Waals surface area contributed by atoms with Crippen LogP contribution in [0.3, 0.4) is 0 Å². The molecule has 4 nitrogen and oxygen atoms in total. The molecule has 0 spiro atoms. The molecule has 0 aliphatic carbocycles. The topological polar surface area (TPSA) is 58.4 Å². The molecule has 14 heavy (non-hydrogen) atoms. The Labute approximate surface area is 77.1 Å². The van der Waals surface area contributed by atoms with E-state index < -0.39 is 11.9 Å². The second kappa shape index (κ2) is 3.60. The average molecular weight is 205 g/mol. The van der Waals surface area contributed by atoms with Crippen molar-refractivity contribution in [2.75, 3.05) is 0 Å². The SMILES string of the molecule is C/C(=N/O)c1nccc(C(F)(F)F)n1. The van der Waals surface area contributed by atoms with Crippen molar-refractivity contribution in [2.24, 2.45) is 5.16 Å². The standard InChI is InChI=1S/C7H6F3N3O/c1-4(13-14)6-11-3-2-5(12-6)7(8,9)10/h2-3,14H,1H3/b13-4-. The molecule has 76 valence electrons. The minimum Gasteiger partial charge on any atom is -0.411 e. The first-order valence-electron chi connectivity index (χ1n) is 3.54. The van der Waals surface area contributed by atoms with Crippen molar-refractivity contribution in [2.45, 2.75) is 13.1 Å². The second-order valence-electron chi connectivity index (χ2n) is 2.45. The van der Waals surface area contributed by atoms with Crippen LogP contribution < -0.4 is 0 Å². The van der Waals surface area contributed by atoms with Crippen LogP contribution in [-0.2, 0) is 6.18 Å². The minimum absolute atomic E-state index is 0.0731. The summed E-state index contributed by atoms with van der Waals surface area (Å²) in [5, 5.41) is 11.0. The normalized spacial score (nSPS) is 13.0. The van der Waals surface area contributed by atoms with E-state index in [2.05, 4.69) is 15.1 Å². The van der Waals surface area contributed by atoms with Crippen molar-refractivity contribution in [1.29, 1.82) is 0 Å². The maximum atomic E-state index is 12.1. The van der Waals surface area contributed by atoms with E-state index in [-0.39, 0.29) is 11.5 Å². The van der Waals surface area contributed by atoms with Crippen LogP contribution in [0.15, 0.2) is 17.4 Å². The lowest BCUT2D eigenvalue weighted by Gasteiger charge is -2.05. The highest BCUT2D eigenvalue weighted by Gasteiger charge is 2.32. The molecule has 0 saturated heterocycles. The molecule has 0 atom stereocenters. The summed E-state index contributed by atoms with van der Waals surface area (Å²) in [4.78, 5) is 6.71. The molecule has 1 aromatic rings. The summed E-state index contributed by atoms with van der Waals surface area (Å²) in [6.07, 6.45) is -3.56. The van der Waals surface area contributed by atoms with Gasteiger partial charge in [-0.25, -0.2) is 9.97 Å². The van der Waals surface area contributed by atoms with Gasteiger partial charge >= 0.3 is 6.18 Å². The summed E-state index contributed by atoms with van der Waals surface area (Å²) < 4.78 is 36.4. The van der Waals surface area contributed by atoms with E-state index in [1.54, 1.807) is 0 Å². The highest BCUT2D eigenvalue weighted by Crippen LogP contribution is 2.26. The Kier molecular flexibility index (Phi) is 2.68. The van der Waals surface area contributed by atoms with E-state index in [0.29, 0.717) is 0 Å². The molecule has 0 fully saturated rings. The maximum absolute atomic E-state index is 12.1. The number of alkyl halides is 3. The van der Waals surface area contributed by atoms with Crippen LogP contribution in [0.1, 0.15) is 18.4 Å². The van der Waals surface area contributed by atoms with Gasteiger partial charge < -0.3 is 5.21 Å². The summed E-state index contributed by atoms with van der Waals surface area (Å²) in [6, 6.07) is 0.744. The molecule has 0 amide bonds. The molecule has 0 unspecified atom stereocenters. The number of hydrogen-bond donors (Lipinski definition) is 1. The molecular weight excluding hydrogens is 199 g/mol. The minimum atomic E-state index is -4.52. The number of aromatic nitrogens is 2. The van der Waals surface area contributed by atoms with Gasteiger partial charge in [0.1, 0.15) is 11.4 Å². The smallest absolute Gasteiger partial charge is 0.411 e. The first-order chi connectivity index (χ1) is 6.45. The Bertz CT molecular complexity index is 361. The van der Waals surface area contributed by atoms with Crippen LogP contribution >= 0.6 is 0 Å². The summed E-state index contributed by atoms with van der Waals surface area (Å²) in [6.45, 7) is 1.30. The molecule has 0 saturated carbocycles. The average Bonchev–Trinajstić information content (AvgIpc) is 2.15. The Morgan fingerprint density at radius 3 is 2.64 bits per heavy atom. The zero-order valence-electron chi connectivity index (χ0n) is 7.08. The molecule has 7 heteroatoms. The van der Waals surface area contributed by atoms with Crippen LogP contribution in [0.2, 0.25) is 0 Å². The first-order valence-corrected chi connectivity index (χ1v) is 3.54. The molecular formula is C7H6F3N3O. The Morgan fingerprint density at radius 2 is 2.14 bits per heavy atom. The van der Waals surface area contributed by atoms with Crippen molar-refractivity contribution in [3.63, 3.8) is 0 Å². The van der Waals surface area contributed by atoms with Gasteiger partial charge in [-0.15, -0.1) is 0 Å². The van der Waals surface area contributed by atoms with Crippen LogP contribution in [0, 0.1) is 0 Å². The van der Waals surface area contributed by atoms with Crippen LogP contribution in [0.4, 0.5) is 13.2 Å². The zero-order valence-corrected chi connectivity index (χ0v) is 7.08. The Morgan fingerprint density at radius 1 is 1.50 bits per heavy atom. The third kappa shape index (κ3) is 2.18. The molecule has 0 aliphatic rings. The van der Waals surface area contributed by atoms with Crippen LogP contribution in [0.5, 0.6) is 0 Å². The van der Waals surface area contributed by atoms with Crippen molar-refractivity contribution in [3.05, 3.63) is 23.8 Å². The Hall–Kier alpha value is -1.66. The first kappa shape index (κ1) is 10.4. The molecule has 1 aromatic heterocycles. The molecule has 0 radical (unpaired) electrons. The van der Waals surface area contributed by atoms with Crippen molar-refractivity contribution in [1.82, 2.24) is 9.97 Å². The number of halogens is 3. The van der Waals surface area contributed by atoms with E-state index >= 15 is 0 Å². The maximum Gasteiger partial charge on any atom is 0.433 e. The number of oxime groups is 1. The van der Waals surface area contributed by atoms with Crippen molar-refractivity contribution >= 4 is 5.71 Å². The summed E-state index contributed by atoms with van der Waals surface area (Å²) in [5.74, 6) is -0.248. The van der Waals surface area contributed by atoms with Crippen molar-refractivity contribution in [3.8, 4) is 0 Å². The van der Waals surface area contributed by atoms with E-state index in [4.69, 9.17) is 5.21 Å². The van der Waals surface area contributed by atoms with Gasteiger partial charge in [0.2, 0.25) is 0 Å². The third-order valence-corrected chi connectivity index (χ3v) is 1.42.